The van der Waals surface area contributed by atoms with Crippen molar-refractivity contribution in [3.05, 3.63) is 271 Å². The van der Waals surface area contributed by atoms with E-state index in [0.29, 0.717) is 0 Å². The first-order chi connectivity index (χ1) is 34.7. The van der Waals surface area contributed by atoms with Crippen molar-refractivity contribution < 1.29 is 8.83 Å². The molecule has 70 heavy (non-hydrogen) atoms. The third-order valence-electron chi connectivity index (χ3n) is 15.1. The molecule has 1 spiro atoms. The number of rotatable bonds is 5. The van der Waals surface area contributed by atoms with E-state index in [-0.39, 0.29) is 0 Å². The van der Waals surface area contributed by atoms with Gasteiger partial charge in [-0.1, -0.05) is 200 Å². The van der Waals surface area contributed by atoms with Gasteiger partial charge in [-0.05, 0) is 115 Å². The zero-order valence-electron chi connectivity index (χ0n) is 37.9. The van der Waals surface area contributed by atoms with Crippen LogP contribution in [0.5, 0.6) is 0 Å². The van der Waals surface area contributed by atoms with E-state index in [1.54, 1.807) is 0 Å². The van der Waals surface area contributed by atoms with Crippen molar-refractivity contribution in [3.63, 3.8) is 0 Å². The van der Waals surface area contributed by atoms with Crippen LogP contribution in [0, 0.1) is 0 Å². The molecule has 0 saturated carbocycles. The number of hydrogen-bond donors (Lipinski definition) is 0. The van der Waals surface area contributed by atoms with Gasteiger partial charge in [-0.25, -0.2) is 0 Å². The van der Waals surface area contributed by atoms with E-state index in [9.17, 15) is 0 Å². The molecule has 1 atom stereocenters. The molecule has 15 rings (SSSR count). The molecule has 0 aliphatic heterocycles. The average Bonchev–Trinajstić information content (AvgIpc) is 4.09. The summed E-state index contributed by atoms with van der Waals surface area (Å²) in [5.74, 6) is 0. The molecule has 2 aliphatic rings. The second-order valence-electron chi connectivity index (χ2n) is 18.6. The Balaban J connectivity index is 0.999. The van der Waals surface area contributed by atoms with Crippen molar-refractivity contribution in [2.75, 3.05) is 4.90 Å². The quantitative estimate of drug-likeness (QED) is 0.172. The molecule has 3 heteroatoms. The van der Waals surface area contributed by atoms with E-state index in [2.05, 4.69) is 241 Å². The second-order valence-corrected chi connectivity index (χ2v) is 18.6. The van der Waals surface area contributed by atoms with Crippen LogP contribution in [0.25, 0.3) is 99.5 Å². The van der Waals surface area contributed by atoms with Crippen molar-refractivity contribution in [1.82, 2.24) is 0 Å². The first-order valence-electron chi connectivity index (χ1n) is 24.1. The average molecular weight is 892 g/mol. The van der Waals surface area contributed by atoms with Gasteiger partial charge in [0.05, 0.1) is 11.1 Å². The van der Waals surface area contributed by atoms with Crippen molar-refractivity contribution in [2.24, 2.45) is 0 Å². The molecule has 0 amide bonds. The molecule has 0 bridgehead atoms. The molecule has 3 nitrogen and oxygen atoms in total. The summed E-state index contributed by atoms with van der Waals surface area (Å²) in [5, 5.41) is 4.55. The summed E-state index contributed by atoms with van der Waals surface area (Å²) >= 11 is 0. The Bertz CT molecular complexity index is 4250. The Kier molecular flexibility index (Phi) is 8.28. The molecule has 0 fully saturated rings. The van der Waals surface area contributed by atoms with E-state index >= 15 is 0 Å². The minimum absolute atomic E-state index is 0.659. The van der Waals surface area contributed by atoms with Gasteiger partial charge in [0, 0.05) is 44.0 Å². The number of para-hydroxylation sites is 4. The molecule has 11 aromatic carbocycles. The van der Waals surface area contributed by atoms with Crippen molar-refractivity contribution in [2.45, 2.75) is 5.41 Å². The molecule has 13 aromatic rings. The Hall–Kier alpha value is -9.18. The maximum atomic E-state index is 6.60. The summed E-state index contributed by atoms with van der Waals surface area (Å²) < 4.78 is 13.1. The molecule has 2 aromatic heterocycles. The standard InChI is InChI=1S/C67H41NO2/c1-2-17-42(18-3-1)46-19-8-13-30-60(46)68(44-35-33-43(34-36-44)47-26-16-27-52-51-23-9-14-31-61(51)70-66(47)52)45-37-38-58-55(41-45)49-21-5-4-20-48(49)50-22-6-11-28-56(50)67(58)57-29-12-7-24-53(57)64-59(67)39-40-63-65(64)54-25-10-15-32-62(54)69-63/h1-41H. The Morgan fingerprint density at radius 3 is 1.64 bits per heavy atom. The van der Waals surface area contributed by atoms with Crippen LogP contribution >= 0.6 is 0 Å². The lowest BCUT2D eigenvalue weighted by atomic mass is 9.66. The van der Waals surface area contributed by atoms with Crippen LogP contribution in [0.3, 0.4) is 0 Å². The van der Waals surface area contributed by atoms with E-state index in [1.165, 1.54) is 61.0 Å². The van der Waals surface area contributed by atoms with E-state index in [0.717, 1.165) is 77.8 Å². The predicted octanol–water partition coefficient (Wildman–Crippen LogP) is 18.3. The van der Waals surface area contributed by atoms with E-state index in [4.69, 9.17) is 8.83 Å². The van der Waals surface area contributed by atoms with Crippen LogP contribution in [0.15, 0.2) is 258 Å². The molecular weight excluding hydrogens is 851 g/mol. The van der Waals surface area contributed by atoms with Crippen LogP contribution in [0.4, 0.5) is 17.1 Å². The van der Waals surface area contributed by atoms with Gasteiger partial charge in [0.2, 0.25) is 0 Å². The van der Waals surface area contributed by atoms with Crippen LogP contribution in [-0.4, -0.2) is 0 Å². The first-order valence-corrected chi connectivity index (χ1v) is 24.1. The Morgan fingerprint density at radius 2 is 0.843 bits per heavy atom. The number of fused-ring (bicyclic) bond motifs is 19. The smallest absolute Gasteiger partial charge is 0.143 e. The molecule has 0 saturated heterocycles. The zero-order valence-corrected chi connectivity index (χ0v) is 37.9. The number of hydrogen-bond acceptors (Lipinski definition) is 3. The SMILES string of the molecule is c1ccc(-c2ccccc2N(c2ccc(-c3cccc4c3oc3ccccc34)cc2)c2ccc3c(c2)-c2ccccc2-c2ccccc2C32c3ccccc3-c3c2ccc2oc4ccccc4c32)cc1. The van der Waals surface area contributed by atoms with Crippen molar-refractivity contribution in [3.8, 4) is 55.6 Å². The number of benzene rings is 11. The van der Waals surface area contributed by atoms with E-state index in [1.807, 2.05) is 12.1 Å². The number of furan rings is 2. The summed E-state index contributed by atoms with van der Waals surface area (Å²) in [5.41, 5.74) is 23.0. The monoisotopic (exact) mass is 891 g/mol. The number of nitrogens with zero attached hydrogens (tertiary/aromatic N) is 1. The van der Waals surface area contributed by atoms with Gasteiger partial charge in [-0.15, -0.1) is 0 Å². The molecule has 2 aliphatic carbocycles. The Morgan fingerprint density at radius 1 is 0.300 bits per heavy atom. The second kappa shape index (κ2) is 14.9. The minimum atomic E-state index is -0.659. The molecule has 0 radical (unpaired) electrons. The highest BCUT2D eigenvalue weighted by atomic mass is 16.3. The highest BCUT2D eigenvalue weighted by Gasteiger charge is 2.50. The lowest BCUT2D eigenvalue weighted by Gasteiger charge is -2.36. The first kappa shape index (κ1) is 38.9. The van der Waals surface area contributed by atoms with Crippen LogP contribution < -0.4 is 4.90 Å². The van der Waals surface area contributed by atoms with Crippen LogP contribution in [0.1, 0.15) is 22.3 Å². The van der Waals surface area contributed by atoms with Gasteiger partial charge >= 0.3 is 0 Å². The fourth-order valence-corrected chi connectivity index (χ4v) is 12.2. The van der Waals surface area contributed by atoms with Gasteiger partial charge in [-0.2, -0.15) is 0 Å². The van der Waals surface area contributed by atoms with Crippen LogP contribution in [0.2, 0.25) is 0 Å². The van der Waals surface area contributed by atoms with Crippen LogP contribution in [-0.2, 0) is 5.41 Å². The van der Waals surface area contributed by atoms with E-state index < -0.39 is 5.41 Å². The molecule has 2 heterocycles. The fourth-order valence-electron chi connectivity index (χ4n) is 12.2. The highest BCUT2D eigenvalue weighted by molar-refractivity contribution is 6.16. The lowest BCUT2D eigenvalue weighted by molar-refractivity contribution is 0.668. The Labute approximate surface area is 404 Å². The fraction of sp³-hybridized carbons (Fsp3) is 0.0149. The summed E-state index contributed by atoms with van der Waals surface area (Å²) in [6.07, 6.45) is 0. The van der Waals surface area contributed by atoms with Crippen molar-refractivity contribution in [1.29, 1.82) is 0 Å². The van der Waals surface area contributed by atoms with Crippen molar-refractivity contribution >= 4 is 60.9 Å². The summed E-state index contributed by atoms with van der Waals surface area (Å²) in [7, 11) is 0. The molecule has 1 unspecified atom stereocenters. The number of anilines is 3. The summed E-state index contributed by atoms with van der Waals surface area (Å²) in [6, 6.07) is 90.8. The van der Waals surface area contributed by atoms with Gasteiger partial charge in [0.15, 0.2) is 0 Å². The predicted molar refractivity (Wildman–Crippen MR) is 288 cm³/mol. The summed E-state index contributed by atoms with van der Waals surface area (Å²) in [6.45, 7) is 0. The topological polar surface area (TPSA) is 29.5 Å². The third kappa shape index (κ3) is 5.40. The molecular formula is C67H41NO2. The normalized spacial score (nSPS) is 14.3. The summed E-state index contributed by atoms with van der Waals surface area (Å²) in [4.78, 5) is 2.44. The molecule has 326 valence electrons. The third-order valence-corrected chi connectivity index (χ3v) is 15.1. The van der Waals surface area contributed by atoms with Gasteiger partial charge < -0.3 is 13.7 Å². The minimum Gasteiger partial charge on any atom is -0.456 e. The van der Waals surface area contributed by atoms with Gasteiger partial charge in [-0.3, -0.25) is 0 Å². The zero-order chi connectivity index (χ0) is 45.9. The van der Waals surface area contributed by atoms with Gasteiger partial charge in [0.1, 0.15) is 22.3 Å². The maximum absolute atomic E-state index is 6.60. The largest absolute Gasteiger partial charge is 0.456 e. The molecule has 0 N–H and O–H groups in total. The lowest BCUT2D eigenvalue weighted by Crippen LogP contribution is -2.29. The maximum Gasteiger partial charge on any atom is 0.143 e. The highest BCUT2D eigenvalue weighted by Crippen LogP contribution is 2.63. The van der Waals surface area contributed by atoms with Gasteiger partial charge in [0.25, 0.3) is 0 Å².